The predicted molar refractivity (Wildman–Crippen MR) is 122 cm³/mol. The molecule has 33 heavy (non-hydrogen) atoms. The fraction of sp³-hybridized carbons (Fsp3) is 0.385. The summed E-state index contributed by atoms with van der Waals surface area (Å²) in [5.41, 5.74) is 0.687. The molecule has 1 aromatic carbocycles. The highest BCUT2D eigenvalue weighted by Crippen LogP contribution is 2.35. The summed E-state index contributed by atoms with van der Waals surface area (Å²) in [6.45, 7) is 7.15. The normalized spacial score (nSPS) is 19.3. The molecule has 1 heterocycles. The van der Waals surface area contributed by atoms with Gasteiger partial charge in [0.15, 0.2) is 0 Å². The quantitative estimate of drug-likeness (QED) is 0.299. The topological polar surface area (TPSA) is 12.5 Å². The first-order chi connectivity index (χ1) is 15.5. The molecule has 2 nitrogen and oxygen atoms in total. The van der Waals surface area contributed by atoms with Crippen molar-refractivity contribution in [1.82, 2.24) is 4.90 Å². The summed E-state index contributed by atoms with van der Waals surface area (Å²) in [5.74, 6) is -0.654. The maximum atomic E-state index is 14.9. The lowest BCUT2D eigenvalue weighted by molar-refractivity contribution is -0.0884. The molecule has 0 N–H and O–H groups in total. The van der Waals surface area contributed by atoms with Gasteiger partial charge in [-0.25, -0.2) is 8.78 Å². The third-order valence-corrected chi connectivity index (χ3v) is 5.27. The molecule has 1 saturated heterocycles. The van der Waals surface area contributed by atoms with E-state index in [9.17, 15) is 22.0 Å². The van der Waals surface area contributed by atoms with Gasteiger partial charge in [-0.05, 0) is 69.2 Å². The first kappa shape index (κ1) is 26.4. The summed E-state index contributed by atoms with van der Waals surface area (Å²) in [6.07, 6.45) is 0.529. The van der Waals surface area contributed by atoms with Crippen LogP contribution in [0.4, 0.5) is 22.0 Å². The van der Waals surface area contributed by atoms with Crippen LogP contribution < -0.4 is 4.74 Å². The molecule has 1 aliphatic heterocycles. The van der Waals surface area contributed by atoms with E-state index in [0.717, 1.165) is 18.2 Å². The molecule has 180 valence electrons. The number of hydrogen-bond donors (Lipinski definition) is 0. The standard InChI is InChI=1S/C26H30F5NO/c1-6-8-18(26(29,30)31)15-22(23(28)7-2)21(17(3)4)16-24-25(13-14-32(24)5)33-20-11-9-19(27)10-12-20/h7-12,15-16,25H,6,13-14H2,1-5H3/b18-8-,22-15-,23-7+,24-16-. The largest absolute Gasteiger partial charge is 0.484 e. The van der Waals surface area contributed by atoms with Gasteiger partial charge in [0, 0.05) is 25.6 Å². The molecule has 0 bridgehead atoms. The van der Waals surface area contributed by atoms with Crippen LogP contribution in [0.5, 0.6) is 5.75 Å². The van der Waals surface area contributed by atoms with Gasteiger partial charge in [0.2, 0.25) is 0 Å². The van der Waals surface area contributed by atoms with Crippen LogP contribution in [0.1, 0.15) is 40.5 Å². The lowest BCUT2D eigenvalue weighted by Gasteiger charge is -2.21. The average Bonchev–Trinajstić information content (AvgIpc) is 3.08. The van der Waals surface area contributed by atoms with Crippen LogP contribution >= 0.6 is 0 Å². The molecule has 0 amide bonds. The summed E-state index contributed by atoms with van der Waals surface area (Å²) in [4.78, 5) is 1.93. The molecule has 0 aromatic heterocycles. The second kappa shape index (κ2) is 11.3. The Morgan fingerprint density at radius 3 is 2.33 bits per heavy atom. The van der Waals surface area contributed by atoms with Gasteiger partial charge in [-0.1, -0.05) is 24.6 Å². The third-order valence-electron chi connectivity index (χ3n) is 5.27. The number of nitrogens with zero attached hydrogens (tertiary/aromatic N) is 1. The Bertz CT molecular complexity index is 977. The number of rotatable bonds is 7. The number of benzene rings is 1. The third kappa shape index (κ3) is 7.07. The van der Waals surface area contributed by atoms with E-state index in [1.54, 1.807) is 26.8 Å². The minimum Gasteiger partial charge on any atom is -0.484 e. The SMILES string of the molecule is C\C=C(F)/C(=C\C(=C\CC)C(F)(F)F)C(/C=C1/C(Oc2ccc(F)cc2)CCN1C)=C(C)C. The van der Waals surface area contributed by atoms with Crippen molar-refractivity contribution in [1.29, 1.82) is 0 Å². The minimum atomic E-state index is -4.60. The summed E-state index contributed by atoms with van der Waals surface area (Å²) < 4.78 is 74.8. The molecule has 0 saturated carbocycles. The number of alkyl halides is 3. The molecule has 1 fully saturated rings. The van der Waals surface area contributed by atoms with Crippen LogP contribution in [0.3, 0.4) is 0 Å². The minimum absolute atomic E-state index is 0.136. The van der Waals surface area contributed by atoms with Crippen LogP contribution in [0.15, 0.2) is 82.4 Å². The average molecular weight is 468 g/mol. The molecule has 7 heteroatoms. The first-order valence-electron chi connectivity index (χ1n) is 10.8. The van der Waals surface area contributed by atoms with Gasteiger partial charge >= 0.3 is 6.18 Å². The monoisotopic (exact) mass is 467 g/mol. The molecule has 1 aromatic rings. The van der Waals surface area contributed by atoms with Crippen LogP contribution in [-0.4, -0.2) is 30.8 Å². The van der Waals surface area contributed by atoms with Crippen molar-refractivity contribution in [3.05, 3.63) is 88.2 Å². The van der Waals surface area contributed by atoms with Gasteiger partial charge < -0.3 is 9.64 Å². The van der Waals surface area contributed by atoms with Gasteiger partial charge in [0.25, 0.3) is 0 Å². The highest BCUT2D eigenvalue weighted by molar-refractivity contribution is 5.55. The zero-order chi connectivity index (χ0) is 24.8. The van der Waals surface area contributed by atoms with E-state index < -0.39 is 23.7 Å². The van der Waals surface area contributed by atoms with Gasteiger partial charge in [-0.2, -0.15) is 13.2 Å². The lowest BCUT2D eigenvalue weighted by atomic mass is 9.95. The van der Waals surface area contributed by atoms with E-state index in [1.165, 1.54) is 31.2 Å². The molecule has 1 atom stereocenters. The summed E-state index contributed by atoms with van der Waals surface area (Å²) >= 11 is 0. The van der Waals surface area contributed by atoms with Crippen molar-refractivity contribution < 1.29 is 26.7 Å². The van der Waals surface area contributed by atoms with E-state index in [0.29, 0.717) is 35.6 Å². The van der Waals surface area contributed by atoms with Gasteiger partial charge in [-0.15, -0.1) is 0 Å². The van der Waals surface area contributed by atoms with Crippen LogP contribution in [0.25, 0.3) is 0 Å². The van der Waals surface area contributed by atoms with E-state index in [-0.39, 0.29) is 17.8 Å². The highest BCUT2D eigenvalue weighted by Gasteiger charge is 2.33. The second-order valence-corrected chi connectivity index (χ2v) is 8.01. The Morgan fingerprint density at radius 2 is 1.82 bits per heavy atom. The van der Waals surface area contributed by atoms with Crippen LogP contribution in [0, 0.1) is 5.82 Å². The van der Waals surface area contributed by atoms with E-state index in [1.807, 2.05) is 11.9 Å². The number of ether oxygens (including phenoxy) is 1. The van der Waals surface area contributed by atoms with Crippen LogP contribution in [-0.2, 0) is 0 Å². The van der Waals surface area contributed by atoms with E-state index in [4.69, 9.17) is 4.74 Å². The molecule has 0 radical (unpaired) electrons. The van der Waals surface area contributed by atoms with E-state index >= 15 is 0 Å². The molecule has 1 unspecified atom stereocenters. The Morgan fingerprint density at radius 1 is 1.18 bits per heavy atom. The van der Waals surface area contributed by atoms with Crippen molar-refractivity contribution in [2.24, 2.45) is 0 Å². The molecule has 1 aliphatic rings. The van der Waals surface area contributed by atoms with Gasteiger partial charge in [-0.3, -0.25) is 0 Å². The van der Waals surface area contributed by atoms with Crippen molar-refractivity contribution in [2.75, 3.05) is 13.6 Å². The van der Waals surface area contributed by atoms with Gasteiger partial charge in [0.1, 0.15) is 23.5 Å². The molecule has 0 spiro atoms. The first-order valence-corrected chi connectivity index (χ1v) is 10.8. The predicted octanol–water partition coefficient (Wildman–Crippen LogP) is 7.83. The lowest BCUT2D eigenvalue weighted by Crippen LogP contribution is -2.20. The van der Waals surface area contributed by atoms with Crippen molar-refractivity contribution in [3.63, 3.8) is 0 Å². The highest BCUT2D eigenvalue weighted by atomic mass is 19.4. The molecule has 0 aliphatic carbocycles. The maximum absolute atomic E-state index is 14.9. The molecular weight excluding hydrogens is 437 g/mol. The number of hydrogen-bond acceptors (Lipinski definition) is 2. The maximum Gasteiger partial charge on any atom is 0.416 e. The van der Waals surface area contributed by atoms with Crippen molar-refractivity contribution in [2.45, 2.75) is 52.8 Å². The number of halogens is 5. The summed E-state index contributed by atoms with van der Waals surface area (Å²) in [7, 11) is 1.84. The zero-order valence-corrected chi connectivity index (χ0v) is 19.6. The summed E-state index contributed by atoms with van der Waals surface area (Å²) in [6, 6.07) is 5.62. The summed E-state index contributed by atoms with van der Waals surface area (Å²) in [5, 5.41) is 0. The number of likely N-dealkylation sites (tertiary alicyclic amines) is 1. The fourth-order valence-corrected chi connectivity index (χ4v) is 3.54. The van der Waals surface area contributed by atoms with Crippen LogP contribution in [0.2, 0.25) is 0 Å². The van der Waals surface area contributed by atoms with Crippen molar-refractivity contribution in [3.8, 4) is 5.75 Å². The Hall–Kier alpha value is -2.83. The molecular formula is C26H30F5NO. The Labute approximate surface area is 192 Å². The molecule has 2 rings (SSSR count). The Kier molecular flexibility index (Phi) is 9.08. The second-order valence-electron chi connectivity index (χ2n) is 8.01. The fourth-order valence-electron chi connectivity index (χ4n) is 3.54. The number of allylic oxidation sites excluding steroid dienone is 9. The number of likely N-dealkylation sites (N-methyl/N-ethyl adjacent to an activating group) is 1. The van der Waals surface area contributed by atoms with Crippen molar-refractivity contribution >= 4 is 0 Å². The smallest absolute Gasteiger partial charge is 0.416 e. The zero-order valence-electron chi connectivity index (χ0n) is 19.6. The van der Waals surface area contributed by atoms with Gasteiger partial charge in [0.05, 0.1) is 11.3 Å². The van der Waals surface area contributed by atoms with E-state index in [2.05, 4.69) is 0 Å². The Balaban J connectivity index is 2.56.